The van der Waals surface area contributed by atoms with Gasteiger partial charge in [-0.15, -0.1) is 4.20 Å². The SMILES string of the molecule is CCCCc1ccc(-c2cccc3c2C(C)c2c(cccc2-c2ccc(CCCC)cc2CCCC)OP(F)O3)c(CCCC)c1. The van der Waals surface area contributed by atoms with Gasteiger partial charge in [0, 0.05) is 17.0 Å². The first-order valence-electron chi connectivity index (χ1n) is 17.8. The average molecular weight is 639 g/mol. The second-order valence-corrected chi connectivity index (χ2v) is 13.7. The van der Waals surface area contributed by atoms with Gasteiger partial charge in [0.15, 0.2) is 0 Å². The Bertz CT molecular complexity index is 1480. The van der Waals surface area contributed by atoms with Crippen molar-refractivity contribution >= 4 is 8.69 Å². The van der Waals surface area contributed by atoms with Gasteiger partial charge in [-0.25, -0.2) is 0 Å². The lowest BCUT2D eigenvalue weighted by Crippen LogP contribution is -2.10. The summed E-state index contributed by atoms with van der Waals surface area (Å²) in [4.78, 5) is 0. The predicted octanol–water partition coefficient (Wildman–Crippen LogP) is 13.5. The van der Waals surface area contributed by atoms with E-state index in [9.17, 15) is 0 Å². The lowest BCUT2D eigenvalue weighted by molar-refractivity contribution is 0.426. The molecule has 5 rings (SSSR count). The van der Waals surface area contributed by atoms with Crippen LogP contribution in [0.3, 0.4) is 0 Å². The molecule has 4 aromatic rings. The minimum Gasteiger partial charge on any atom is -0.414 e. The molecule has 0 aliphatic carbocycles. The number of benzene rings is 4. The average Bonchev–Trinajstić information content (AvgIpc) is 3.07. The van der Waals surface area contributed by atoms with Crippen LogP contribution in [0.2, 0.25) is 0 Å². The molecule has 0 saturated carbocycles. The fourth-order valence-corrected chi connectivity index (χ4v) is 7.63. The van der Waals surface area contributed by atoms with Gasteiger partial charge in [0.2, 0.25) is 0 Å². The van der Waals surface area contributed by atoms with E-state index in [4.69, 9.17) is 9.05 Å². The van der Waals surface area contributed by atoms with Crippen molar-refractivity contribution in [2.24, 2.45) is 0 Å². The number of unbranched alkanes of at least 4 members (excludes halogenated alkanes) is 4. The first kappa shape index (κ1) is 34.2. The molecule has 0 atom stereocenters. The van der Waals surface area contributed by atoms with Crippen LogP contribution < -0.4 is 9.05 Å². The first-order valence-corrected chi connectivity index (χ1v) is 18.9. The van der Waals surface area contributed by atoms with Crippen LogP contribution in [0, 0.1) is 0 Å². The molecule has 0 N–H and O–H groups in total. The molecule has 0 bridgehead atoms. The van der Waals surface area contributed by atoms with E-state index in [1.54, 1.807) is 0 Å². The van der Waals surface area contributed by atoms with Crippen LogP contribution in [0.25, 0.3) is 22.3 Å². The summed E-state index contributed by atoms with van der Waals surface area (Å²) in [5.74, 6) is 1.08. The lowest BCUT2D eigenvalue weighted by atomic mass is 9.80. The van der Waals surface area contributed by atoms with Gasteiger partial charge in [-0.3, -0.25) is 0 Å². The molecular weight excluding hydrogens is 586 g/mol. The highest BCUT2D eigenvalue weighted by Crippen LogP contribution is 2.54. The molecule has 1 aliphatic heterocycles. The Morgan fingerprint density at radius 1 is 0.543 bits per heavy atom. The third-order valence-corrected chi connectivity index (χ3v) is 10.2. The number of hydrogen-bond acceptors (Lipinski definition) is 2. The van der Waals surface area contributed by atoms with E-state index in [0.717, 1.165) is 73.6 Å². The normalized spacial score (nSPS) is 15.7. The van der Waals surface area contributed by atoms with Gasteiger partial charge < -0.3 is 9.05 Å². The third-order valence-electron chi connectivity index (χ3n) is 9.50. The van der Waals surface area contributed by atoms with Crippen molar-refractivity contribution in [2.45, 2.75) is 118 Å². The highest BCUT2D eigenvalue weighted by Gasteiger charge is 2.32. The minimum absolute atomic E-state index is 0.0845. The van der Waals surface area contributed by atoms with Gasteiger partial charge in [-0.2, -0.15) is 0 Å². The van der Waals surface area contributed by atoms with Crippen molar-refractivity contribution in [1.82, 2.24) is 0 Å². The molecule has 0 saturated heterocycles. The fraction of sp³-hybridized carbons (Fsp3) is 0.429. The molecule has 1 heterocycles. The van der Waals surface area contributed by atoms with E-state index >= 15 is 4.20 Å². The summed E-state index contributed by atoms with van der Waals surface area (Å²) >= 11 is 0. The summed E-state index contributed by atoms with van der Waals surface area (Å²) in [6, 6.07) is 26.3. The number of hydrogen-bond donors (Lipinski definition) is 0. The van der Waals surface area contributed by atoms with Gasteiger partial charge in [-0.05, 0) is 108 Å². The Morgan fingerprint density at radius 2 is 0.957 bits per heavy atom. The summed E-state index contributed by atoms with van der Waals surface area (Å²) in [5, 5.41) is 0. The molecule has 0 unspecified atom stereocenters. The second-order valence-electron chi connectivity index (χ2n) is 12.9. The summed E-state index contributed by atoms with van der Waals surface area (Å²) in [6.07, 6.45) is 13.6. The number of rotatable bonds is 14. The highest BCUT2D eigenvalue weighted by atomic mass is 31.2. The van der Waals surface area contributed by atoms with Crippen molar-refractivity contribution in [3.05, 3.63) is 106 Å². The number of halogens is 1. The summed E-state index contributed by atoms with van der Waals surface area (Å²) in [5.41, 5.74) is 12.3. The zero-order valence-electron chi connectivity index (χ0n) is 28.6. The molecule has 2 nitrogen and oxygen atoms in total. The molecule has 0 fully saturated rings. The Balaban J connectivity index is 1.69. The van der Waals surface area contributed by atoms with Crippen molar-refractivity contribution in [1.29, 1.82) is 0 Å². The van der Waals surface area contributed by atoms with Crippen LogP contribution in [0.15, 0.2) is 72.8 Å². The second kappa shape index (κ2) is 16.6. The van der Waals surface area contributed by atoms with E-state index in [1.807, 2.05) is 24.3 Å². The zero-order chi connectivity index (χ0) is 32.5. The molecule has 0 aromatic heterocycles. The van der Waals surface area contributed by atoms with E-state index < -0.39 is 8.69 Å². The lowest BCUT2D eigenvalue weighted by Gasteiger charge is -2.29. The van der Waals surface area contributed by atoms with Crippen molar-refractivity contribution in [2.75, 3.05) is 0 Å². The van der Waals surface area contributed by atoms with Gasteiger partial charge in [-0.1, -0.05) is 121 Å². The summed E-state index contributed by atoms with van der Waals surface area (Å²) < 4.78 is 27.6. The van der Waals surface area contributed by atoms with Crippen molar-refractivity contribution in [3.8, 4) is 33.8 Å². The molecule has 0 spiro atoms. The smallest absolute Gasteiger partial charge is 0.414 e. The Kier molecular flexibility index (Phi) is 12.3. The monoisotopic (exact) mass is 638 g/mol. The maximum atomic E-state index is 15.6. The van der Waals surface area contributed by atoms with E-state index in [1.165, 1.54) is 59.1 Å². The minimum atomic E-state index is -2.65. The van der Waals surface area contributed by atoms with Crippen LogP contribution in [-0.4, -0.2) is 0 Å². The van der Waals surface area contributed by atoms with Gasteiger partial charge in [0.1, 0.15) is 11.5 Å². The Labute approximate surface area is 278 Å². The maximum Gasteiger partial charge on any atom is 0.505 e. The van der Waals surface area contributed by atoms with Gasteiger partial charge in [0.05, 0.1) is 0 Å². The highest BCUT2D eigenvalue weighted by molar-refractivity contribution is 7.42. The maximum absolute atomic E-state index is 15.6. The van der Waals surface area contributed by atoms with Crippen molar-refractivity contribution < 1.29 is 13.2 Å². The Morgan fingerprint density at radius 3 is 1.37 bits per heavy atom. The molecule has 244 valence electrons. The molecule has 4 heteroatoms. The first-order chi connectivity index (χ1) is 22.5. The summed E-state index contributed by atoms with van der Waals surface area (Å²) in [6.45, 7) is 11.2. The predicted molar refractivity (Wildman–Crippen MR) is 195 cm³/mol. The standard InChI is InChI=1S/C42H52FO2P/c1-6-10-16-31-24-26-35(33(28-31)18-12-8-3)37-20-14-22-39-41(37)30(5)42-38(21-15-23-40(42)45-46(43)44-39)36-27-25-32(17-11-7-2)29-34(36)19-13-9-4/h14-15,20-30H,6-13,16-19H2,1-5H3. The zero-order valence-corrected chi connectivity index (χ0v) is 29.5. The largest absolute Gasteiger partial charge is 0.505 e. The molecule has 4 aromatic carbocycles. The molecule has 0 amide bonds. The van der Waals surface area contributed by atoms with Crippen LogP contribution in [0.5, 0.6) is 11.5 Å². The Hall–Kier alpha value is -3.16. The van der Waals surface area contributed by atoms with Gasteiger partial charge in [0.25, 0.3) is 0 Å². The van der Waals surface area contributed by atoms with E-state index in [-0.39, 0.29) is 5.92 Å². The molecular formula is C42H52FO2P. The molecule has 0 radical (unpaired) electrons. The van der Waals surface area contributed by atoms with Crippen LogP contribution in [-0.2, 0) is 25.7 Å². The quantitative estimate of drug-likeness (QED) is 0.128. The van der Waals surface area contributed by atoms with E-state index in [2.05, 4.69) is 83.1 Å². The summed E-state index contributed by atoms with van der Waals surface area (Å²) in [7, 11) is -2.65. The van der Waals surface area contributed by atoms with Crippen molar-refractivity contribution in [3.63, 3.8) is 0 Å². The number of fused-ring (bicyclic) bond motifs is 2. The number of aryl methyl sites for hydroxylation is 4. The fourth-order valence-electron chi connectivity index (χ4n) is 6.97. The van der Waals surface area contributed by atoms with Crippen LogP contribution >= 0.6 is 8.69 Å². The van der Waals surface area contributed by atoms with Crippen LogP contribution in [0.4, 0.5) is 4.20 Å². The van der Waals surface area contributed by atoms with Gasteiger partial charge >= 0.3 is 8.69 Å². The topological polar surface area (TPSA) is 18.5 Å². The third kappa shape index (κ3) is 7.86. The van der Waals surface area contributed by atoms with Crippen LogP contribution in [0.1, 0.15) is 125 Å². The van der Waals surface area contributed by atoms with E-state index in [0.29, 0.717) is 11.5 Å². The molecule has 46 heavy (non-hydrogen) atoms. The molecule has 1 aliphatic rings.